The van der Waals surface area contributed by atoms with Crippen molar-refractivity contribution in [3.05, 3.63) is 41.5 Å². The molecule has 21 heavy (non-hydrogen) atoms. The third-order valence-electron chi connectivity index (χ3n) is 5.83. The lowest BCUT2D eigenvalue weighted by atomic mass is 10.1. The lowest BCUT2D eigenvalue weighted by Crippen LogP contribution is -2.60. The average Bonchev–Trinajstić information content (AvgIpc) is 3.04. The van der Waals surface area contributed by atoms with E-state index < -0.39 is 8.24 Å². The second-order valence-corrected chi connectivity index (χ2v) is 13.2. The van der Waals surface area contributed by atoms with Gasteiger partial charge in [-0.15, -0.1) is 0 Å². The highest BCUT2D eigenvalue weighted by Gasteiger charge is 2.49. The van der Waals surface area contributed by atoms with Gasteiger partial charge in [0.05, 0.1) is 26.7 Å². The van der Waals surface area contributed by atoms with Crippen LogP contribution in [0.25, 0.3) is 5.70 Å². The van der Waals surface area contributed by atoms with E-state index in [-0.39, 0.29) is 0 Å². The molecule has 1 unspecified atom stereocenters. The van der Waals surface area contributed by atoms with E-state index in [1.807, 2.05) is 0 Å². The van der Waals surface area contributed by atoms with Crippen molar-refractivity contribution < 1.29 is 4.15 Å². The number of benzene rings is 1. The summed E-state index contributed by atoms with van der Waals surface area (Å²) in [7, 11) is 5.63. The Labute approximate surface area is 130 Å². The van der Waals surface area contributed by atoms with Crippen molar-refractivity contribution >= 4 is 13.9 Å². The second-order valence-electron chi connectivity index (χ2n) is 7.98. The normalized spacial score (nSPS) is 22.4. The Morgan fingerprint density at radius 1 is 1.05 bits per heavy atom. The number of rotatable bonds is 3. The Bertz CT molecular complexity index is 563. The number of nitrogens with zero attached hydrogens (tertiary/aromatic N) is 2. The van der Waals surface area contributed by atoms with E-state index >= 15 is 0 Å². The molecule has 1 saturated heterocycles. The van der Waals surface area contributed by atoms with Crippen LogP contribution in [0.15, 0.2) is 30.3 Å². The van der Waals surface area contributed by atoms with E-state index in [1.165, 1.54) is 37.2 Å². The van der Waals surface area contributed by atoms with Crippen molar-refractivity contribution in [2.45, 2.75) is 31.5 Å². The third-order valence-corrected chi connectivity index (χ3v) is 11.3. The minimum absolute atomic E-state index is 0.629. The van der Waals surface area contributed by atoms with Crippen LogP contribution in [0.4, 0.5) is 0 Å². The molecular weight excluding hydrogens is 272 g/mol. The number of hydrogen-bond acceptors (Lipinski definition) is 1. The first kappa shape index (κ1) is 14.9. The largest absolute Gasteiger partial charge is 0.390 e. The van der Waals surface area contributed by atoms with Gasteiger partial charge in [-0.25, -0.2) is 0 Å². The van der Waals surface area contributed by atoms with Crippen LogP contribution < -0.4 is 0 Å². The molecule has 1 fully saturated rings. The summed E-state index contributed by atoms with van der Waals surface area (Å²) in [5.74, 6) is 0. The first-order valence-electron chi connectivity index (χ1n) is 8.20. The van der Waals surface area contributed by atoms with Crippen molar-refractivity contribution in [1.29, 1.82) is 0 Å². The van der Waals surface area contributed by atoms with Crippen LogP contribution in [0, 0.1) is 0 Å². The Morgan fingerprint density at radius 2 is 1.67 bits per heavy atom. The minimum Gasteiger partial charge on any atom is -0.390 e. The van der Waals surface area contributed by atoms with Gasteiger partial charge >= 0.3 is 0 Å². The number of quaternary nitrogens is 1. The summed E-state index contributed by atoms with van der Waals surface area (Å²) in [6.07, 6.45) is 5.30. The van der Waals surface area contributed by atoms with Crippen molar-refractivity contribution in [3.8, 4) is 0 Å². The number of fused-ring (bicyclic) bond motifs is 1. The van der Waals surface area contributed by atoms with Gasteiger partial charge in [0.2, 0.25) is 0 Å². The zero-order valence-corrected chi connectivity index (χ0v) is 15.2. The fourth-order valence-electron chi connectivity index (χ4n) is 3.57. The topological polar surface area (TPSA) is 3.24 Å². The highest BCUT2D eigenvalue weighted by molar-refractivity contribution is 6.72. The molecule has 0 N–H and O–H groups in total. The smallest absolute Gasteiger partial charge is 0.290 e. The summed E-state index contributed by atoms with van der Waals surface area (Å²) in [5.41, 5.74) is 5.22. The van der Waals surface area contributed by atoms with E-state index in [2.05, 4.69) is 69.5 Å². The maximum atomic E-state index is 2.61. The first-order chi connectivity index (χ1) is 9.82. The van der Waals surface area contributed by atoms with Crippen LogP contribution in [-0.4, -0.2) is 51.5 Å². The third kappa shape index (κ3) is 2.36. The molecule has 2 aliphatic rings. The molecule has 1 aliphatic carbocycles. The fourth-order valence-corrected chi connectivity index (χ4v) is 5.99. The van der Waals surface area contributed by atoms with Gasteiger partial charge in [0.15, 0.2) is 0 Å². The number of allylic oxidation sites excluding steroid dienone is 1. The lowest BCUT2D eigenvalue weighted by Gasteiger charge is -2.43. The van der Waals surface area contributed by atoms with E-state index in [1.54, 1.807) is 5.56 Å². The molecule has 114 valence electrons. The van der Waals surface area contributed by atoms with Crippen molar-refractivity contribution in [2.75, 3.05) is 34.2 Å². The van der Waals surface area contributed by atoms with E-state index in [0.717, 1.165) is 4.15 Å². The van der Waals surface area contributed by atoms with Gasteiger partial charge in [-0.2, -0.15) is 0 Å². The van der Waals surface area contributed by atoms with Gasteiger partial charge in [-0.05, 0) is 31.5 Å². The first-order valence-corrected chi connectivity index (χ1v) is 11.2. The van der Waals surface area contributed by atoms with Crippen LogP contribution in [0.1, 0.15) is 29.5 Å². The van der Waals surface area contributed by atoms with E-state index in [4.69, 9.17) is 0 Å². The van der Waals surface area contributed by atoms with Gasteiger partial charge in [0.1, 0.15) is 0 Å². The summed E-state index contributed by atoms with van der Waals surface area (Å²) in [5, 5.41) is 0. The molecule has 1 atom stereocenters. The molecule has 0 aromatic heterocycles. The van der Waals surface area contributed by atoms with Gasteiger partial charge < -0.3 is 9.05 Å². The summed E-state index contributed by atoms with van der Waals surface area (Å²) in [6, 6.07) is 9.11. The molecule has 1 aromatic carbocycles. The lowest BCUT2D eigenvalue weighted by molar-refractivity contribution is -0.769. The van der Waals surface area contributed by atoms with Crippen molar-refractivity contribution in [3.63, 3.8) is 0 Å². The zero-order valence-electron chi connectivity index (χ0n) is 14.2. The molecule has 3 rings (SSSR count). The Hall–Kier alpha value is -1.06. The van der Waals surface area contributed by atoms with Crippen molar-refractivity contribution in [1.82, 2.24) is 4.90 Å². The zero-order chi connectivity index (χ0) is 15.3. The van der Waals surface area contributed by atoms with Gasteiger partial charge in [-0.1, -0.05) is 30.3 Å². The molecule has 1 heterocycles. The Balaban J connectivity index is 2.06. The number of likely N-dealkylation sites (tertiary alicyclic amines) is 1. The average molecular weight is 302 g/mol. The van der Waals surface area contributed by atoms with Crippen LogP contribution >= 0.6 is 0 Å². The molecular formula is C18H29N2Si+. The molecule has 2 nitrogen and oxygen atoms in total. The van der Waals surface area contributed by atoms with Crippen molar-refractivity contribution in [2.24, 2.45) is 0 Å². The quantitative estimate of drug-likeness (QED) is 0.770. The van der Waals surface area contributed by atoms with Crippen LogP contribution in [0.2, 0.25) is 13.1 Å². The molecule has 0 radical (unpaired) electrons. The van der Waals surface area contributed by atoms with E-state index in [0.29, 0.717) is 5.54 Å². The monoisotopic (exact) mass is 301 g/mol. The van der Waals surface area contributed by atoms with E-state index in [9.17, 15) is 0 Å². The minimum atomic E-state index is -1.48. The highest BCUT2D eigenvalue weighted by Crippen LogP contribution is 2.44. The summed E-state index contributed by atoms with van der Waals surface area (Å²) >= 11 is 0. The molecule has 0 saturated carbocycles. The SMILES string of the molecule is C[N+](C)(C)[Si](C)(C)C1C=C(N2CCCC2)c2ccccc21. The maximum absolute atomic E-state index is 2.61. The predicted molar refractivity (Wildman–Crippen MR) is 93.5 cm³/mol. The number of hydrogen-bond donors (Lipinski definition) is 0. The molecule has 1 aromatic rings. The van der Waals surface area contributed by atoms with Gasteiger partial charge in [0, 0.05) is 24.4 Å². The standard InChI is InChI=1S/C18H29N2Si/c1-20(2,3)21(4,5)18-14-17(19-12-8-9-13-19)15-10-6-7-11-16(15)18/h6-7,10-11,14,18H,8-9,12-13H2,1-5H3/q+1. The second kappa shape index (κ2) is 4.99. The molecule has 0 spiro atoms. The molecule has 0 amide bonds. The summed E-state index contributed by atoms with van der Waals surface area (Å²) < 4.78 is 1.11. The molecule has 0 bridgehead atoms. The van der Waals surface area contributed by atoms with Gasteiger partial charge in [-0.3, -0.25) is 0 Å². The Morgan fingerprint density at radius 3 is 2.29 bits per heavy atom. The Kier molecular flexibility index (Phi) is 3.53. The maximum Gasteiger partial charge on any atom is 0.290 e. The summed E-state index contributed by atoms with van der Waals surface area (Å²) in [6.45, 7) is 7.55. The molecule has 3 heteroatoms. The van der Waals surface area contributed by atoms with Crippen LogP contribution in [0.5, 0.6) is 0 Å². The van der Waals surface area contributed by atoms with Crippen LogP contribution in [-0.2, 0) is 0 Å². The fraction of sp³-hybridized carbons (Fsp3) is 0.556. The predicted octanol–water partition coefficient (Wildman–Crippen LogP) is 3.67. The molecule has 1 aliphatic heterocycles. The van der Waals surface area contributed by atoms with Gasteiger partial charge in [0.25, 0.3) is 8.24 Å². The summed E-state index contributed by atoms with van der Waals surface area (Å²) in [4.78, 5) is 2.61. The highest BCUT2D eigenvalue weighted by atomic mass is 28.3. The van der Waals surface area contributed by atoms with Crippen LogP contribution in [0.3, 0.4) is 0 Å².